The van der Waals surface area contributed by atoms with E-state index in [0.717, 1.165) is 33.2 Å². The van der Waals surface area contributed by atoms with Crippen molar-refractivity contribution in [1.29, 1.82) is 0 Å². The van der Waals surface area contributed by atoms with Gasteiger partial charge in [-0.1, -0.05) is 85.0 Å². The molecule has 3 saturated heterocycles. The topological polar surface area (TPSA) is 55.4 Å². The number of benzene rings is 2. The summed E-state index contributed by atoms with van der Waals surface area (Å²) in [5, 5.41) is 0. The second-order valence-electron chi connectivity index (χ2n) is 17.0. The fourth-order valence-electron chi connectivity index (χ4n) is 6.87. The zero-order valence-corrected chi connectivity index (χ0v) is 34.5. The monoisotopic (exact) mass is 749 g/mol. The van der Waals surface area contributed by atoms with Crippen molar-refractivity contribution in [1.82, 2.24) is 0 Å². The summed E-state index contributed by atoms with van der Waals surface area (Å²) in [4.78, 5) is 0. The standard InChI is InChI=1S/C36H49B3O6.C5H5.CH3.Co/c1-31(2)32(3,4)41-37(40-31)27-23-26(24-19-15-13-16-20-24)29(38-42-33(5,6)34(7,8)43-38)28(25-21-17-14-18-22-25)30(27)39-44-35(9,10)36(11,12)45-39;1-2-4-5-3-1;;/h13-22,27H,23H2,1-12H3;1-5H;1H3;/q;;-1;/t27-;;;/m0.../s1. The third kappa shape index (κ3) is 7.83. The number of hydrogen-bond acceptors (Lipinski definition) is 6. The molecule has 0 aromatic heterocycles. The van der Waals surface area contributed by atoms with E-state index in [2.05, 4.69) is 138 Å². The molecule has 2 aromatic carbocycles. The summed E-state index contributed by atoms with van der Waals surface area (Å²) in [7, 11) is -1.78. The Hall–Kier alpha value is -2.14. The molecule has 6 nitrogen and oxygen atoms in total. The van der Waals surface area contributed by atoms with Gasteiger partial charge in [-0.3, -0.25) is 0 Å². The molecule has 3 aliphatic heterocycles. The molecule has 0 bridgehead atoms. The molecule has 2 aromatic rings. The molecule has 0 N–H and O–H groups in total. The van der Waals surface area contributed by atoms with E-state index in [4.69, 9.17) is 27.9 Å². The molecule has 0 spiro atoms. The van der Waals surface area contributed by atoms with Crippen LogP contribution in [0.15, 0.2) is 95.9 Å². The SMILES string of the molecule is CC1(C)OB(C2=C(c3ccccc3)C[C@H](B3OC(C)(C)C(C)(C)O3)C(B3OC(C)(C)C(C)(C)O3)=C2c2ccccc2)OC1(C)C.[CH3-].[CH]1C=CC=C1.[Co]. The van der Waals surface area contributed by atoms with Crippen molar-refractivity contribution >= 4 is 32.5 Å². The smallest absolute Gasteiger partial charge is 0.403 e. The Morgan fingerprint density at radius 2 is 0.885 bits per heavy atom. The maximum atomic E-state index is 6.89. The summed E-state index contributed by atoms with van der Waals surface area (Å²) in [5.41, 5.74) is 3.18. The van der Waals surface area contributed by atoms with E-state index in [9.17, 15) is 0 Å². The molecule has 10 heteroatoms. The summed E-state index contributed by atoms with van der Waals surface area (Å²) in [6.45, 7) is 25.2. The van der Waals surface area contributed by atoms with Crippen molar-refractivity contribution in [3.05, 3.63) is 121 Å². The summed E-state index contributed by atoms with van der Waals surface area (Å²) in [6, 6.07) is 21.1. The van der Waals surface area contributed by atoms with Crippen molar-refractivity contribution in [2.75, 3.05) is 0 Å². The molecular formula is C42H57B3CoO6-. The van der Waals surface area contributed by atoms with E-state index in [1.165, 1.54) is 0 Å². The maximum Gasteiger partial charge on any atom is 0.495 e. The quantitative estimate of drug-likeness (QED) is 0.224. The molecule has 3 heterocycles. The van der Waals surface area contributed by atoms with Crippen LogP contribution in [0.3, 0.4) is 0 Å². The van der Waals surface area contributed by atoms with E-state index in [0.29, 0.717) is 6.42 Å². The molecule has 2 radical (unpaired) electrons. The van der Waals surface area contributed by atoms with Gasteiger partial charge in [0.25, 0.3) is 0 Å². The minimum absolute atomic E-state index is 0. The van der Waals surface area contributed by atoms with E-state index < -0.39 is 55.0 Å². The summed E-state index contributed by atoms with van der Waals surface area (Å²) in [5.74, 6) is -0.211. The first-order chi connectivity index (χ1) is 23.3. The molecule has 0 unspecified atom stereocenters. The zero-order valence-electron chi connectivity index (χ0n) is 33.5. The van der Waals surface area contributed by atoms with Gasteiger partial charge in [-0.05, 0) is 123 Å². The Labute approximate surface area is 325 Å². The van der Waals surface area contributed by atoms with Crippen LogP contribution in [0.5, 0.6) is 0 Å². The van der Waals surface area contributed by atoms with Gasteiger partial charge in [0.1, 0.15) is 0 Å². The van der Waals surface area contributed by atoms with Crippen molar-refractivity contribution in [3.8, 4) is 0 Å². The van der Waals surface area contributed by atoms with Gasteiger partial charge in [0, 0.05) is 29.0 Å². The molecule has 1 atom stereocenters. The van der Waals surface area contributed by atoms with Crippen molar-refractivity contribution < 1.29 is 44.7 Å². The minimum atomic E-state index is -0.635. The van der Waals surface area contributed by atoms with Crippen LogP contribution in [0.2, 0.25) is 5.82 Å². The van der Waals surface area contributed by atoms with Gasteiger partial charge >= 0.3 is 21.4 Å². The fraction of sp³-hybridized carbons (Fsp3) is 0.476. The van der Waals surface area contributed by atoms with Crippen LogP contribution >= 0.6 is 0 Å². The van der Waals surface area contributed by atoms with Crippen molar-refractivity contribution in [2.45, 2.75) is 129 Å². The second kappa shape index (κ2) is 15.2. The van der Waals surface area contributed by atoms with Gasteiger partial charge in [-0.15, -0.1) is 0 Å². The van der Waals surface area contributed by atoms with E-state index in [-0.39, 0.29) is 30.0 Å². The van der Waals surface area contributed by atoms with Gasteiger partial charge in [-0.2, -0.15) is 0 Å². The first kappa shape index (κ1) is 42.6. The molecular weight excluding hydrogens is 692 g/mol. The number of hydrogen-bond donors (Lipinski definition) is 0. The van der Waals surface area contributed by atoms with Crippen LogP contribution in [-0.2, 0) is 44.7 Å². The predicted octanol–water partition coefficient (Wildman–Crippen LogP) is 9.79. The van der Waals surface area contributed by atoms with Gasteiger partial charge in [0.2, 0.25) is 0 Å². The van der Waals surface area contributed by atoms with Crippen molar-refractivity contribution in [3.63, 3.8) is 0 Å². The molecule has 280 valence electrons. The van der Waals surface area contributed by atoms with E-state index in [1.54, 1.807) is 0 Å². The number of allylic oxidation sites excluding steroid dienone is 8. The predicted molar refractivity (Wildman–Crippen MR) is 212 cm³/mol. The zero-order chi connectivity index (χ0) is 36.3. The number of rotatable bonds is 5. The first-order valence-electron chi connectivity index (χ1n) is 18.1. The van der Waals surface area contributed by atoms with Gasteiger partial charge in [0.15, 0.2) is 0 Å². The van der Waals surface area contributed by atoms with Gasteiger partial charge in [-0.25, -0.2) is 0 Å². The molecule has 0 saturated carbocycles. The maximum absolute atomic E-state index is 6.89. The van der Waals surface area contributed by atoms with Crippen LogP contribution in [0, 0.1) is 13.8 Å². The Morgan fingerprint density at radius 1 is 0.500 bits per heavy atom. The molecule has 2 aliphatic carbocycles. The minimum Gasteiger partial charge on any atom is -0.403 e. The summed E-state index contributed by atoms with van der Waals surface area (Å²) >= 11 is 0. The van der Waals surface area contributed by atoms with Crippen LogP contribution in [-0.4, -0.2) is 55.0 Å². The van der Waals surface area contributed by atoms with Crippen LogP contribution in [0.4, 0.5) is 0 Å². The molecule has 0 amide bonds. The van der Waals surface area contributed by atoms with Crippen LogP contribution < -0.4 is 0 Å². The van der Waals surface area contributed by atoms with Crippen LogP contribution in [0.25, 0.3) is 11.1 Å². The first-order valence-corrected chi connectivity index (χ1v) is 18.1. The van der Waals surface area contributed by atoms with Crippen molar-refractivity contribution in [2.24, 2.45) is 0 Å². The van der Waals surface area contributed by atoms with Gasteiger partial charge in [0.05, 0.1) is 33.6 Å². The third-order valence-corrected chi connectivity index (χ3v) is 12.0. The second-order valence-corrected chi connectivity index (χ2v) is 17.0. The Kier molecular flexibility index (Phi) is 12.4. The van der Waals surface area contributed by atoms with Crippen LogP contribution in [0.1, 0.15) is 101 Å². The molecule has 7 rings (SSSR count). The average Bonchev–Trinajstić information content (AvgIpc) is 3.78. The normalized spacial score (nSPS) is 25.8. The molecule has 3 fully saturated rings. The third-order valence-electron chi connectivity index (χ3n) is 12.0. The Bertz CT molecular complexity index is 1640. The largest absolute Gasteiger partial charge is 0.495 e. The van der Waals surface area contributed by atoms with Gasteiger partial charge < -0.3 is 35.4 Å². The van der Waals surface area contributed by atoms with E-state index >= 15 is 0 Å². The molecule has 52 heavy (non-hydrogen) atoms. The molecule has 5 aliphatic rings. The summed E-state index contributed by atoms with van der Waals surface area (Å²) < 4.78 is 41.2. The average molecular weight is 749 g/mol. The fourth-order valence-corrected chi connectivity index (χ4v) is 6.87. The van der Waals surface area contributed by atoms with E-state index in [1.807, 2.05) is 36.8 Å². The summed E-state index contributed by atoms with van der Waals surface area (Å²) in [6.07, 6.45) is 10.6. The Morgan fingerprint density at radius 3 is 1.29 bits per heavy atom. The Balaban J connectivity index is 0.000000797.